The van der Waals surface area contributed by atoms with E-state index in [-0.39, 0.29) is 15.6 Å². The first-order valence-electron chi connectivity index (χ1n) is 6.57. The van der Waals surface area contributed by atoms with Crippen molar-refractivity contribution in [2.45, 2.75) is 4.90 Å². The van der Waals surface area contributed by atoms with E-state index in [1.807, 2.05) is 0 Å². The second-order valence-corrected chi connectivity index (χ2v) is 7.17. The van der Waals surface area contributed by atoms with Gasteiger partial charge in [-0.3, -0.25) is 4.79 Å². The third kappa shape index (κ3) is 4.28. The van der Waals surface area contributed by atoms with E-state index < -0.39 is 28.3 Å². The van der Waals surface area contributed by atoms with E-state index in [4.69, 9.17) is 11.6 Å². The lowest BCUT2D eigenvalue weighted by Gasteiger charge is -2.17. The van der Waals surface area contributed by atoms with Crippen molar-refractivity contribution in [3.05, 3.63) is 59.4 Å². The molecule has 0 aliphatic rings. The van der Waals surface area contributed by atoms with Gasteiger partial charge in [0.15, 0.2) is 0 Å². The van der Waals surface area contributed by atoms with Crippen LogP contribution in [0.25, 0.3) is 0 Å². The first-order valence-corrected chi connectivity index (χ1v) is 8.39. The minimum absolute atomic E-state index is 0.0740. The summed E-state index contributed by atoms with van der Waals surface area (Å²) in [4.78, 5) is 11.8. The first-order chi connectivity index (χ1) is 10.8. The van der Waals surface area contributed by atoms with Crippen molar-refractivity contribution in [1.29, 1.82) is 0 Å². The summed E-state index contributed by atoms with van der Waals surface area (Å²) in [6, 6.07) is 11.3. The summed E-state index contributed by atoms with van der Waals surface area (Å²) in [7, 11) is -2.63. The Morgan fingerprint density at radius 1 is 1.22 bits per heavy atom. The van der Waals surface area contributed by atoms with Crippen LogP contribution in [0, 0.1) is 5.82 Å². The maximum Gasteiger partial charge on any atom is 0.244 e. The lowest BCUT2D eigenvalue weighted by molar-refractivity contribution is -0.116. The maximum atomic E-state index is 13.1. The Morgan fingerprint density at radius 2 is 1.91 bits per heavy atom. The Hall–Kier alpha value is -1.96. The molecule has 8 heteroatoms. The van der Waals surface area contributed by atoms with Gasteiger partial charge >= 0.3 is 0 Å². The molecule has 5 nitrogen and oxygen atoms in total. The molecule has 0 spiro atoms. The van der Waals surface area contributed by atoms with E-state index >= 15 is 0 Å². The minimum atomic E-state index is -3.90. The molecule has 122 valence electrons. The lowest BCUT2D eigenvalue weighted by Crippen LogP contribution is -2.35. The number of hydrogen-bond acceptors (Lipinski definition) is 3. The zero-order valence-electron chi connectivity index (χ0n) is 12.2. The molecule has 1 N–H and O–H groups in total. The number of amides is 1. The highest BCUT2D eigenvalue weighted by Crippen LogP contribution is 2.23. The maximum absolute atomic E-state index is 13.1. The highest BCUT2D eigenvalue weighted by molar-refractivity contribution is 7.89. The van der Waals surface area contributed by atoms with Crippen LogP contribution in [0.3, 0.4) is 0 Å². The van der Waals surface area contributed by atoms with Gasteiger partial charge in [0.2, 0.25) is 15.9 Å². The van der Waals surface area contributed by atoms with Gasteiger partial charge < -0.3 is 5.32 Å². The highest BCUT2D eigenvalue weighted by atomic mass is 35.5. The van der Waals surface area contributed by atoms with Crippen LogP contribution in [0.4, 0.5) is 10.1 Å². The molecular formula is C15H14ClFN2O3S. The van der Waals surface area contributed by atoms with Crippen molar-refractivity contribution in [1.82, 2.24) is 4.31 Å². The van der Waals surface area contributed by atoms with Crippen LogP contribution in [0.5, 0.6) is 0 Å². The van der Waals surface area contributed by atoms with Crippen LogP contribution < -0.4 is 5.32 Å². The fraction of sp³-hybridized carbons (Fsp3) is 0.133. The van der Waals surface area contributed by atoms with E-state index in [1.165, 1.54) is 37.4 Å². The average molecular weight is 357 g/mol. The minimum Gasteiger partial charge on any atom is -0.325 e. The summed E-state index contributed by atoms with van der Waals surface area (Å²) in [6.07, 6.45) is 0. The molecular weight excluding hydrogens is 343 g/mol. The Kier molecular flexibility index (Phi) is 5.35. The molecule has 0 fully saturated rings. The van der Waals surface area contributed by atoms with Crippen molar-refractivity contribution in [3.63, 3.8) is 0 Å². The second kappa shape index (κ2) is 7.08. The number of hydrogen-bond donors (Lipinski definition) is 1. The monoisotopic (exact) mass is 356 g/mol. The topological polar surface area (TPSA) is 66.5 Å². The molecule has 0 aliphatic heterocycles. The summed E-state index contributed by atoms with van der Waals surface area (Å²) in [5.74, 6) is -1.09. The molecule has 2 aromatic rings. The SMILES string of the molecule is CN(CC(=O)Nc1cccc(F)c1)S(=O)(=O)c1ccccc1Cl. The first kappa shape index (κ1) is 17.4. The molecule has 23 heavy (non-hydrogen) atoms. The number of nitrogens with zero attached hydrogens (tertiary/aromatic N) is 1. The van der Waals surface area contributed by atoms with Crippen LogP contribution in [-0.2, 0) is 14.8 Å². The second-order valence-electron chi connectivity index (χ2n) is 4.75. The molecule has 0 saturated heterocycles. The summed E-state index contributed by atoms with van der Waals surface area (Å²) in [5.41, 5.74) is 0.249. The molecule has 0 heterocycles. The fourth-order valence-electron chi connectivity index (χ4n) is 1.88. The van der Waals surface area contributed by atoms with Crippen LogP contribution >= 0.6 is 11.6 Å². The fourth-order valence-corrected chi connectivity index (χ4v) is 3.49. The standard InChI is InChI=1S/C15H14ClFN2O3S/c1-19(23(21,22)14-8-3-2-7-13(14)16)10-15(20)18-12-6-4-5-11(17)9-12/h2-9H,10H2,1H3,(H,18,20). The molecule has 2 rings (SSSR count). The predicted molar refractivity (Wildman–Crippen MR) is 86.3 cm³/mol. The summed E-state index contributed by atoms with van der Waals surface area (Å²) >= 11 is 5.89. The molecule has 0 unspecified atom stereocenters. The number of likely N-dealkylation sites (N-methyl/N-ethyl adjacent to an activating group) is 1. The molecule has 0 saturated carbocycles. The number of rotatable bonds is 5. The molecule has 0 atom stereocenters. The number of sulfonamides is 1. The predicted octanol–water partition coefficient (Wildman–Crippen LogP) is 2.74. The lowest BCUT2D eigenvalue weighted by atomic mass is 10.3. The van der Waals surface area contributed by atoms with Gasteiger partial charge in [-0.1, -0.05) is 29.8 Å². The van der Waals surface area contributed by atoms with Crippen molar-refractivity contribution in [2.75, 3.05) is 18.9 Å². The van der Waals surface area contributed by atoms with E-state index in [9.17, 15) is 17.6 Å². The van der Waals surface area contributed by atoms with Crippen LogP contribution in [0.2, 0.25) is 5.02 Å². The van der Waals surface area contributed by atoms with Gasteiger partial charge in [-0.15, -0.1) is 0 Å². The van der Waals surface area contributed by atoms with E-state index in [0.29, 0.717) is 0 Å². The number of carbonyl (C=O) groups excluding carboxylic acids is 1. The molecule has 0 aromatic heterocycles. The van der Waals surface area contributed by atoms with Gasteiger partial charge in [-0.05, 0) is 30.3 Å². The zero-order valence-corrected chi connectivity index (χ0v) is 13.7. The smallest absolute Gasteiger partial charge is 0.244 e. The highest BCUT2D eigenvalue weighted by Gasteiger charge is 2.25. The molecule has 0 aliphatic carbocycles. The third-order valence-electron chi connectivity index (χ3n) is 3.00. The molecule has 1 amide bonds. The normalized spacial score (nSPS) is 11.5. The number of halogens is 2. The molecule has 2 aromatic carbocycles. The Bertz CT molecular complexity index is 827. The number of carbonyl (C=O) groups is 1. The summed E-state index contributed by atoms with van der Waals surface area (Å²) < 4.78 is 38.7. The largest absolute Gasteiger partial charge is 0.325 e. The zero-order chi connectivity index (χ0) is 17.0. The number of nitrogens with one attached hydrogen (secondary N) is 1. The van der Waals surface area contributed by atoms with Crippen LogP contribution in [0.1, 0.15) is 0 Å². The Labute approximate surface area is 138 Å². The Balaban J connectivity index is 2.10. The number of benzene rings is 2. The average Bonchev–Trinajstić information content (AvgIpc) is 2.47. The van der Waals surface area contributed by atoms with Crippen LogP contribution in [-0.4, -0.2) is 32.2 Å². The van der Waals surface area contributed by atoms with Gasteiger partial charge in [0, 0.05) is 12.7 Å². The van der Waals surface area contributed by atoms with Crippen LogP contribution in [0.15, 0.2) is 53.4 Å². The van der Waals surface area contributed by atoms with Crippen molar-refractivity contribution < 1.29 is 17.6 Å². The Morgan fingerprint density at radius 3 is 2.57 bits per heavy atom. The van der Waals surface area contributed by atoms with Gasteiger partial charge in [-0.2, -0.15) is 4.31 Å². The van der Waals surface area contributed by atoms with Crippen molar-refractivity contribution in [3.8, 4) is 0 Å². The van der Waals surface area contributed by atoms with Crippen molar-refractivity contribution in [2.24, 2.45) is 0 Å². The van der Waals surface area contributed by atoms with E-state index in [0.717, 1.165) is 10.4 Å². The van der Waals surface area contributed by atoms with Gasteiger partial charge in [-0.25, -0.2) is 12.8 Å². The van der Waals surface area contributed by atoms with E-state index in [2.05, 4.69) is 5.32 Å². The summed E-state index contributed by atoms with van der Waals surface area (Å²) in [6.45, 7) is -0.427. The van der Waals surface area contributed by atoms with E-state index in [1.54, 1.807) is 12.1 Å². The van der Waals surface area contributed by atoms with Gasteiger partial charge in [0.1, 0.15) is 10.7 Å². The van der Waals surface area contributed by atoms with Gasteiger partial charge in [0.25, 0.3) is 0 Å². The molecule has 0 bridgehead atoms. The third-order valence-corrected chi connectivity index (χ3v) is 5.30. The van der Waals surface area contributed by atoms with Gasteiger partial charge in [0.05, 0.1) is 11.6 Å². The quantitative estimate of drug-likeness (QED) is 0.895. The molecule has 0 radical (unpaired) electrons. The number of anilines is 1. The van der Waals surface area contributed by atoms with Crippen molar-refractivity contribution >= 4 is 33.2 Å². The summed E-state index contributed by atoms with van der Waals surface area (Å²) in [5, 5.41) is 2.51.